The number of nitrogens with two attached hydrogens (primary N) is 1. The molecule has 0 amide bonds. The van der Waals surface area contributed by atoms with Gasteiger partial charge in [0.1, 0.15) is 0 Å². The van der Waals surface area contributed by atoms with Crippen molar-refractivity contribution in [2.24, 2.45) is 5.73 Å². The lowest BCUT2D eigenvalue weighted by molar-refractivity contribution is 0.532. The molecule has 2 unspecified atom stereocenters. The highest BCUT2D eigenvalue weighted by atomic mass is 15.2. The van der Waals surface area contributed by atoms with Crippen LogP contribution in [0.4, 0.5) is 5.69 Å². The number of para-hydroxylation sites is 1. The normalized spacial score (nSPS) is 15.5. The minimum Gasteiger partial charge on any atom is -0.363 e. The van der Waals surface area contributed by atoms with Gasteiger partial charge in [0.25, 0.3) is 0 Å². The van der Waals surface area contributed by atoms with Gasteiger partial charge in [-0.1, -0.05) is 42.2 Å². The molecule has 1 aliphatic rings. The quantitative estimate of drug-likeness (QED) is 0.876. The summed E-state index contributed by atoms with van der Waals surface area (Å²) in [5.41, 5.74) is 10.7. The van der Waals surface area contributed by atoms with Crippen molar-refractivity contribution in [3.8, 4) is 11.8 Å². The standard InChI is InChI=1S/C20H22N2/c1-15(21)13-16(2)22-14-19-9-4-3-7-17(19)11-12-18-8-5-6-10-20(18)22/h3-10,15-16H,13-14,21H2,1-2H3. The molecule has 2 atom stereocenters. The number of hydrogen-bond donors (Lipinski definition) is 1. The van der Waals surface area contributed by atoms with Crippen molar-refractivity contribution in [1.29, 1.82) is 0 Å². The summed E-state index contributed by atoms with van der Waals surface area (Å²) in [6.45, 7) is 5.19. The second kappa shape index (κ2) is 6.25. The number of nitrogens with zero attached hydrogens (tertiary/aromatic N) is 1. The topological polar surface area (TPSA) is 29.3 Å². The maximum Gasteiger partial charge on any atom is 0.0530 e. The van der Waals surface area contributed by atoms with Gasteiger partial charge in [-0.05, 0) is 44.0 Å². The Morgan fingerprint density at radius 1 is 1.00 bits per heavy atom. The maximum absolute atomic E-state index is 6.03. The van der Waals surface area contributed by atoms with E-state index in [9.17, 15) is 0 Å². The third kappa shape index (κ3) is 3.00. The van der Waals surface area contributed by atoms with Crippen molar-refractivity contribution in [1.82, 2.24) is 0 Å². The fourth-order valence-corrected chi connectivity index (χ4v) is 3.07. The number of benzene rings is 2. The third-order valence-corrected chi connectivity index (χ3v) is 4.15. The predicted octanol–water partition coefficient (Wildman–Crippen LogP) is 3.53. The lowest BCUT2D eigenvalue weighted by atomic mass is 10.00. The van der Waals surface area contributed by atoms with Gasteiger partial charge in [0.15, 0.2) is 0 Å². The Balaban J connectivity index is 2.09. The summed E-state index contributed by atoms with van der Waals surface area (Å²) in [5.74, 6) is 6.66. The molecular weight excluding hydrogens is 268 g/mol. The molecule has 3 rings (SSSR count). The zero-order chi connectivity index (χ0) is 15.5. The molecule has 2 aromatic carbocycles. The van der Waals surface area contributed by atoms with Crippen LogP contribution in [0.5, 0.6) is 0 Å². The molecule has 0 spiro atoms. The van der Waals surface area contributed by atoms with Crippen molar-refractivity contribution in [3.63, 3.8) is 0 Å². The van der Waals surface area contributed by atoms with Crippen LogP contribution in [-0.2, 0) is 6.54 Å². The van der Waals surface area contributed by atoms with Crippen molar-refractivity contribution in [2.45, 2.75) is 38.9 Å². The maximum atomic E-state index is 6.03. The van der Waals surface area contributed by atoms with Crippen molar-refractivity contribution >= 4 is 5.69 Å². The Hall–Kier alpha value is -2.24. The molecule has 0 fully saturated rings. The number of anilines is 1. The summed E-state index contributed by atoms with van der Waals surface area (Å²) in [7, 11) is 0. The Bertz CT molecular complexity index is 722. The van der Waals surface area contributed by atoms with Gasteiger partial charge in [-0.2, -0.15) is 0 Å². The average molecular weight is 290 g/mol. The lowest BCUT2D eigenvalue weighted by Gasteiger charge is -2.34. The summed E-state index contributed by atoms with van der Waals surface area (Å²) < 4.78 is 0. The van der Waals surface area contributed by atoms with Crippen LogP contribution in [0, 0.1) is 11.8 Å². The van der Waals surface area contributed by atoms with Crippen molar-refractivity contribution < 1.29 is 0 Å². The van der Waals surface area contributed by atoms with Gasteiger partial charge in [0.2, 0.25) is 0 Å². The second-order valence-electron chi connectivity index (χ2n) is 6.11. The molecule has 0 aliphatic carbocycles. The second-order valence-corrected chi connectivity index (χ2v) is 6.11. The van der Waals surface area contributed by atoms with Crippen LogP contribution in [0.1, 0.15) is 37.0 Å². The molecule has 2 N–H and O–H groups in total. The largest absolute Gasteiger partial charge is 0.363 e. The lowest BCUT2D eigenvalue weighted by Crippen LogP contribution is -2.37. The summed E-state index contributed by atoms with van der Waals surface area (Å²) in [5, 5.41) is 0. The molecule has 2 heteroatoms. The van der Waals surface area contributed by atoms with Gasteiger partial charge >= 0.3 is 0 Å². The van der Waals surface area contributed by atoms with Crippen LogP contribution < -0.4 is 10.6 Å². The summed E-state index contributed by atoms with van der Waals surface area (Å²) in [6, 6.07) is 17.4. The number of hydrogen-bond acceptors (Lipinski definition) is 2. The SMILES string of the molecule is CC(N)CC(C)N1Cc2ccccc2C#Cc2ccccc21. The fourth-order valence-electron chi connectivity index (χ4n) is 3.07. The molecule has 1 heterocycles. The molecular formula is C20H22N2. The first-order valence-corrected chi connectivity index (χ1v) is 7.86. The van der Waals surface area contributed by atoms with E-state index in [0.29, 0.717) is 6.04 Å². The highest BCUT2D eigenvalue weighted by Crippen LogP contribution is 2.28. The van der Waals surface area contributed by atoms with Crippen LogP contribution in [0.3, 0.4) is 0 Å². The van der Waals surface area contributed by atoms with E-state index in [1.165, 1.54) is 11.3 Å². The molecule has 0 radical (unpaired) electrons. The molecule has 0 saturated heterocycles. The Morgan fingerprint density at radius 2 is 1.64 bits per heavy atom. The van der Waals surface area contributed by atoms with Crippen molar-refractivity contribution in [3.05, 3.63) is 65.2 Å². The van der Waals surface area contributed by atoms with Gasteiger partial charge in [-0.15, -0.1) is 0 Å². The van der Waals surface area contributed by atoms with Gasteiger partial charge < -0.3 is 10.6 Å². The van der Waals surface area contributed by atoms with Crippen LogP contribution in [0.2, 0.25) is 0 Å². The van der Waals surface area contributed by atoms with Crippen LogP contribution in [-0.4, -0.2) is 12.1 Å². The molecule has 0 bridgehead atoms. The average Bonchev–Trinajstić information content (AvgIpc) is 2.49. The van der Waals surface area contributed by atoms with Gasteiger partial charge in [-0.3, -0.25) is 0 Å². The van der Waals surface area contributed by atoms with E-state index < -0.39 is 0 Å². The molecule has 2 nitrogen and oxygen atoms in total. The smallest absolute Gasteiger partial charge is 0.0530 e. The fraction of sp³-hybridized carbons (Fsp3) is 0.300. The van der Waals surface area contributed by atoms with Gasteiger partial charge in [0.05, 0.1) is 5.69 Å². The first kappa shape index (κ1) is 14.7. The predicted molar refractivity (Wildman–Crippen MR) is 92.8 cm³/mol. The first-order chi connectivity index (χ1) is 10.6. The van der Waals surface area contributed by atoms with Crippen LogP contribution in [0.15, 0.2) is 48.5 Å². The number of rotatable bonds is 3. The minimum absolute atomic E-state index is 0.189. The molecule has 0 aromatic heterocycles. The third-order valence-electron chi connectivity index (χ3n) is 4.15. The molecule has 2 aromatic rings. The summed E-state index contributed by atoms with van der Waals surface area (Å²) in [4.78, 5) is 2.44. The minimum atomic E-state index is 0.189. The van der Waals surface area contributed by atoms with Crippen molar-refractivity contribution in [2.75, 3.05) is 4.90 Å². The van der Waals surface area contributed by atoms with E-state index in [1.54, 1.807) is 0 Å². The summed E-state index contributed by atoms with van der Waals surface area (Å²) in [6.07, 6.45) is 0.962. The van der Waals surface area contributed by atoms with E-state index in [4.69, 9.17) is 5.73 Å². The van der Waals surface area contributed by atoms with Crippen LogP contribution >= 0.6 is 0 Å². The molecule has 0 saturated carbocycles. The van der Waals surface area contributed by atoms with E-state index in [0.717, 1.165) is 24.1 Å². The summed E-state index contributed by atoms with van der Waals surface area (Å²) >= 11 is 0. The van der Waals surface area contributed by atoms with E-state index in [1.807, 2.05) is 0 Å². The molecule has 22 heavy (non-hydrogen) atoms. The Labute approximate surface area is 133 Å². The first-order valence-electron chi connectivity index (χ1n) is 7.86. The van der Waals surface area contributed by atoms with Crippen LogP contribution in [0.25, 0.3) is 0 Å². The van der Waals surface area contributed by atoms with E-state index >= 15 is 0 Å². The Morgan fingerprint density at radius 3 is 2.41 bits per heavy atom. The zero-order valence-electron chi connectivity index (χ0n) is 13.2. The van der Waals surface area contributed by atoms with Gasteiger partial charge in [-0.25, -0.2) is 0 Å². The van der Waals surface area contributed by atoms with E-state index in [2.05, 4.69) is 79.1 Å². The Kier molecular flexibility index (Phi) is 4.18. The molecule has 112 valence electrons. The van der Waals surface area contributed by atoms with E-state index in [-0.39, 0.29) is 6.04 Å². The highest BCUT2D eigenvalue weighted by molar-refractivity contribution is 5.64. The van der Waals surface area contributed by atoms with Gasteiger partial charge in [0, 0.05) is 29.8 Å². The highest BCUT2D eigenvalue weighted by Gasteiger charge is 2.20. The molecule has 1 aliphatic heterocycles. The monoisotopic (exact) mass is 290 g/mol. The number of fused-ring (bicyclic) bond motifs is 2. The zero-order valence-corrected chi connectivity index (χ0v) is 13.2.